The fraction of sp³-hybridized carbons (Fsp3) is 0.0976. The zero-order chi connectivity index (χ0) is 29.1. The molecule has 6 rings (SSSR count). The van der Waals surface area contributed by atoms with E-state index in [9.17, 15) is 5.26 Å². The Balaban J connectivity index is 1.25. The van der Waals surface area contributed by atoms with Crippen LogP contribution in [0, 0.1) is 11.3 Å². The maximum atomic E-state index is 9.84. The Bertz CT molecular complexity index is 1880. The van der Waals surface area contributed by atoms with E-state index in [1.54, 1.807) is 0 Å². The van der Waals surface area contributed by atoms with E-state index in [0.717, 1.165) is 16.7 Å². The second kappa shape index (κ2) is 11.4. The zero-order valence-electron chi connectivity index (χ0n) is 24.3. The molecule has 0 saturated carbocycles. The second-order valence-electron chi connectivity index (χ2n) is 11.8. The molecule has 0 saturated heterocycles. The van der Waals surface area contributed by atoms with Crippen LogP contribution in [0.3, 0.4) is 0 Å². The summed E-state index contributed by atoms with van der Waals surface area (Å²) in [5.74, 6) is 0. The van der Waals surface area contributed by atoms with Crippen LogP contribution in [-0.4, -0.2) is 0 Å². The third-order valence-electron chi connectivity index (χ3n) is 7.92. The van der Waals surface area contributed by atoms with E-state index in [0.29, 0.717) is 5.56 Å². The van der Waals surface area contributed by atoms with E-state index in [2.05, 4.69) is 160 Å². The van der Waals surface area contributed by atoms with Gasteiger partial charge in [0.05, 0.1) is 11.6 Å². The SMILES string of the molecule is CC(C)(C)c1ccc(-c2ccc(-c3cccc(-c4cccc(-c5ccc(-c6ccccc6)cc5)c4)c3)cc2)c(C#N)c1. The molecule has 1 heteroatoms. The highest BCUT2D eigenvalue weighted by Crippen LogP contribution is 2.33. The highest BCUT2D eigenvalue weighted by Gasteiger charge is 2.16. The van der Waals surface area contributed by atoms with Crippen LogP contribution in [0.15, 0.2) is 146 Å². The van der Waals surface area contributed by atoms with Crippen LogP contribution < -0.4 is 0 Å². The van der Waals surface area contributed by atoms with Gasteiger partial charge in [-0.25, -0.2) is 0 Å². The van der Waals surface area contributed by atoms with Gasteiger partial charge in [-0.1, -0.05) is 148 Å². The summed E-state index contributed by atoms with van der Waals surface area (Å²) in [6.07, 6.45) is 0. The molecule has 0 fully saturated rings. The molecule has 0 atom stereocenters. The van der Waals surface area contributed by atoms with Gasteiger partial charge in [-0.05, 0) is 84.8 Å². The van der Waals surface area contributed by atoms with Crippen molar-refractivity contribution in [1.29, 1.82) is 5.26 Å². The normalized spacial score (nSPS) is 11.2. The average molecular weight is 540 g/mol. The highest BCUT2D eigenvalue weighted by molar-refractivity contribution is 5.79. The topological polar surface area (TPSA) is 23.8 Å². The molecule has 42 heavy (non-hydrogen) atoms. The summed E-state index contributed by atoms with van der Waals surface area (Å²) in [5.41, 5.74) is 13.5. The lowest BCUT2D eigenvalue weighted by molar-refractivity contribution is 0.590. The molecule has 0 unspecified atom stereocenters. The molecular weight excluding hydrogens is 506 g/mol. The number of rotatable bonds is 5. The third-order valence-corrected chi connectivity index (χ3v) is 7.92. The fourth-order valence-corrected chi connectivity index (χ4v) is 5.44. The zero-order valence-corrected chi connectivity index (χ0v) is 24.3. The molecule has 0 radical (unpaired) electrons. The van der Waals surface area contributed by atoms with Crippen molar-refractivity contribution in [2.75, 3.05) is 0 Å². The molecule has 0 aliphatic rings. The van der Waals surface area contributed by atoms with Gasteiger partial charge in [0, 0.05) is 0 Å². The Kier molecular flexibility index (Phi) is 7.30. The molecular formula is C41H33N. The van der Waals surface area contributed by atoms with Crippen LogP contribution in [0.2, 0.25) is 0 Å². The van der Waals surface area contributed by atoms with Crippen LogP contribution in [0.5, 0.6) is 0 Å². The third kappa shape index (κ3) is 5.67. The van der Waals surface area contributed by atoms with E-state index in [1.807, 2.05) is 12.1 Å². The van der Waals surface area contributed by atoms with Crippen LogP contribution in [-0.2, 0) is 5.41 Å². The van der Waals surface area contributed by atoms with Crippen LogP contribution in [0.1, 0.15) is 31.9 Å². The van der Waals surface area contributed by atoms with Crippen LogP contribution in [0.4, 0.5) is 0 Å². The van der Waals surface area contributed by atoms with Crippen molar-refractivity contribution in [3.63, 3.8) is 0 Å². The largest absolute Gasteiger partial charge is 0.192 e. The molecule has 0 aromatic heterocycles. The number of nitriles is 1. The molecule has 0 amide bonds. The Morgan fingerprint density at radius 2 is 0.810 bits per heavy atom. The summed E-state index contributed by atoms with van der Waals surface area (Å²) in [4.78, 5) is 0. The molecule has 0 N–H and O–H groups in total. The minimum Gasteiger partial charge on any atom is -0.192 e. The monoisotopic (exact) mass is 539 g/mol. The van der Waals surface area contributed by atoms with Crippen molar-refractivity contribution < 1.29 is 0 Å². The first-order valence-corrected chi connectivity index (χ1v) is 14.4. The van der Waals surface area contributed by atoms with Crippen molar-refractivity contribution >= 4 is 0 Å². The van der Waals surface area contributed by atoms with Gasteiger partial charge in [0.1, 0.15) is 0 Å². The number of hydrogen-bond acceptors (Lipinski definition) is 1. The summed E-state index contributed by atoms with van der Waals surface area (Å²) in [6, 6.07) is 53.9. The van der Waals surface area contributed by atoms with Crippen molar-refractivity contribution in [3.8, 4) is 61.7 Å². The smallest absolute Gasteiger partial charge is 0.0998 e. The van der Waals surface area contributed by atoms with Gasteiger partial charge in [0.2, 0.25) is 0 Å². The average Bonchev–Trinajstić information content (AvgIpc) is 3.05. The fourth-order valence-electron chi connectivity index (χ4n) is 5.44. The minimum absolute atomic E-state index is 0.00547. The Morgan fingerprint density at radius 1 is 0.405 bits per heavy atom. The van der Waals surface area contributed by atoms with Crippen LogP contribution >= 0.6 is 0 Å². The Hall–Kier alpha value is -5.19. The molecule has 6 aromatic rings. The van der Waals surface area contributed by atoms with E-state index in [-0.39, 0.29) is 5.41 Å². The maximum Gasteiger partial charge on any atom is 0.0998 e. The van der Waals surface area contributed by atoms with Gasteiger partial charge in [-0.15, -0.1) is 0 Å². The summed E-state index contributed by atoms with van der Waals surface area (Å²) in [5, 5.41) is 9.84. The predicted octanol–water partition coefficient (Wildman–Crippen LogP) is 11.2. The first-order chi connectivity index (χ1) is 20.4. The van der Waals surface area contributed by atoms with E-state index in [1.165, 1.54) is 44.5 Å². The molecule has 0 aliphatic carbocycles. The highest BCUT2D eigenvalue weighted by atomic mass is 14.3. The number of benzene rings is 6. The minimum atomic E-state index is 0.00547. The second-order valence-corrected chi connectivity index (χ2v) is 11.8. The molecule has 0 bridgehead atoms. The Labute approximate surface area is 249 Å². The van der Waals surface area contributed by atoms with E-state index >= 15 is 0 Å². The predicted molar refractivity (Wildman–Crippen MR) is 177 cm³/mol. The van der Waals surface area contributed by atoms with Crippen molar-refractivity contribution in [2.45, 2.75) is 26.2 Å². The summed E-state index contributed by atoms with van der Waals surface area (Å²) in [6.45, 7) is 6.52. The number of hydrogen-bond donors (Lipinski definition) is 0. The quantitative estimate of drug-likeness (QED) is 0.214. The van der Waals surface area contributed by atoms with Crippen LogP contribution in [0.25, 0.3) is 55.6 Å². The lowest BCUT2D eigenvalue weighted by atomic mass is 9.84. The van der Waals surface area contributed by atoms with Gasteiger partial charge >= 0.3 is 0 Å². The first-order valence-electron chi connectivity index (χ1n) is 14.4. The maximum absolute atomic E-state index is 9.84. The van der Waals surface area contributed by atoms with Gasteiger partial charge < -0.3 is 0 Å². The Morgan fingerprint density at radius 3 is 1.29 bits per heavy atom. The molecule has 202 valence electrons. The van der Waals surface area contributed by atoms with Gasteiger partial charge in [-0.2, -0.15) is 5.26 Å². The molecule has 0 heterocycles. The van der Waals surface area contributed by atoms with Crippen molar-refractivity contribution in [1.82, 2.24) is 0 Å². The van der Waals surface area contributed by atoms with Gasteiger partial charge in [0.15, 0.2) is 0 Å². The summed E-state index contributed by atoms with van der Waals surface area (Å²) >= 11 is 0. The molecule has 0 aliphatic heterocycles. The lowest BCUT2D eigenvalue weighted by Gasteiger charge is -2.20. The molecule has 0 spiro atoms. The molecule has 1 nitrogen and oxygen atoms in total. The standard InChI is InChI=1S/C41H33N/c1-41(2,3)39-23-24-40(38(27-39)28-42)33-21-19-32(20-22-33)35-12-8-14-37(26-35)36-13-7-11-34(25-36)31-17-15-30(16-18-31)29-9-5-4-6-10-29/h4-27H,1-3H3. The van der Waals surface area contributed by atoms with Crippen molar-refractivity contribution in [2.24, 2.45) is 0 Å². The summed E-state index contributed by atoms with van der Waals surface area (Å²) < 4.78 is 0. The van der Waals surface area contributed by atoms with Gasteiger partial charge in [0.25, 0.3) is 0 Å². The van der Waals surface area contributed by atoms with E-state index in [4.69, 9.17) is 0 Å². The van der Waals surface area contributed by atoms with Crippen molar-refractivity contribution in [3.05, 3.63) is 157 Å². The van der Waals surface area contributed by atoms with Gasteiger partial charge in [-0.3, -0.25) is 0 Å². The lowest BCUT2D eigenvalue weighted by Crippen LogP contribution is -2.11. The summed E-state index contributed by atoms with van der Waals surface area (Å²) in [7, 11) is 0. The van der Waals surface area contributed by atoms with E-state index < -0.39 is 0 Å². The first kappa shape index (κ1) is 27.0. The number of nitrogens with zero attached hydrogens (tertiary/aromatic N) is 1. The molecule has 6 aromatic carbocycles.